The fraction of sp³-hybridized carbons (Fsp3) is 0.712. The molecule has 1 unspecified atom stereocenters. The number of allylic oxidation sites excluding steroid dienone is 18. The third-order valence-electron chi connectivity index (χ3n) is 14.3. The Bertz CT molecular complexity index is 1590. The van der Waals surface area contributed by atoms with E-state index in [2.05, 4.69) is 130 Å². The van der Waals surface area contributed by atoms with Crippen LogP contribution in [0.3, 0.4) is 0 Å². The van der Waals surface area contributed by atoms with Crippen LogP contribution in [-0.2, 0) is 28.6 Å². The van der Waals surface area contributed by atoms with Gasteiger partial charge in [0, 0.05) is 19.3 Å². The molecule has 0 bridgehead atoms. The molecule has 79 heavy (non-hydrogen) atoms. The summed E-state index contributed by atoms with van der Waals surface area (Å²) in [6.45, 7) is 6.51. The monoisotopic (exact) mass is 1100 g/mol. The minimum absolute atomic E-state index is 0.0791. The second kappa shape index (κ2) is 66.6. The molecule has 0 aromatic heterocycles. The van der Waals surface area contributed by atoms with Crippen LogP contribution in [0.15, 0.2) is 109 Å². The van der Waals surface area contributed by atoms with E-state index in [9.17, 15) is 14.4 Å². The summed E-state index contributed by atoms with van der Waals surface area (Å²) in [4.78, 5) is 38.2. The highest BCUT2D eigenvalue weighted by molar-refractivity contribution is 5.71. The fourth-order valence-corrected chi connectivity index (χ4v) is 9.28. The molecule has 6 heteroatoms. The Labute approximate surface area is 489 Å². The van der Waals surface area contributed by atoms with Gasteiger partial charge in [-0.05, 0) is 109 Å². The molecule has 0 aliphatic rings. The van der Waals surface area contributed by atoms with Crippen LogP contribution in [0.2, 0.25) is 0 Å². The quantitative estimate of drug-likeness (QED) is 0.0261. The maximum Gasteiger partial charge on any atom is 0.306 e. The minimum atomic E-state index is -0.782. The zero-order valence-corrected chi connectivity index (χ0v) is 51.9. The maximum absolute atomic E-state index is 12.9. The SMILES string of the molecule is CC/C=C\C/C=C\C/C=C\C/C=C\C/C=C\C/C=C\C/C=C\CCCCCCCCCCCCCC(=O)OCC(COC(=O)CCCCCCCCCCCC)OC(=O)CCCCCCCCC/C=C\C/C=C\CCCCCC. The van der Waals surface area contributed by atoms with Crippen LogP contribution in [-0.4, -0.2) is 37.2 Å². The molecule has 0 rings (SSSR count). The van der Waals surface area contributed by atoms with Crippen LogP contribution < -0.4 is 0 Å². The number of rotatable bonds is 60. The predicted molar refractivity (Wildman–Crippen MR) is 343 cm³/mol. The number of unbranched alkanes of at least 4 members (excludes halogenated alkanes) is 31. The first-order chi connectivity index (χ1) is 39.0. The summed E-state index contributed by atoms with van der Waals surface area (Å²) >= 11 is 0. The van der Waals surface area contributed by atoms with E-state index < -0.39 is 6.10 Å². The van der Waals surface area contributed by atoms with E-state index in [4.69, 9.17) is 14.2 Å². The van der Waals surface area contributed by atoms with Crippen molar-refractivity contribution in [2.75, 3.05) is 13.2 Å². The van der Waals surface area contributed by atoms with Gasteiger partial charge >= 0.3 is 17.9 Å². The standard InChI is InChI=1S/C73H124O6/c1-4-7-10-13-16-19-22-24-26-28-30-31-32-33-34-35-36-37-38-39-40-41-42-43-44-46-47-49-51-54-57-60-63-66-72(75)78-69-70(68-77-71(74)65-62-59-56-53-21-18-15-12-9-6-3)79-73(76)67-64-61-58-55-52-50-48-45-29-27-25-23-20-17-14-11-8-5-2/h7,10,16,19-20,23-24,26-27,29-31,33-34,36-37,39-40,70H,4-6,8-9,11-15,17-18,21-22,25,28,32,35,38,41-69H2,1-3H3/b10-7-,19-16-,23-20-,26-24-,29-27-,31-30-,34-33-,37-36-,40-39-. The number of esters is 3. The van der Waals surface area contributed by atoms with Gasteiger partial charge in [0.2, 0.25) is 0 Å². The van der Waals surface area contributed by atoms with Crippen molar-refractivity contribution in [2.45, 2.75) is 322 Å². The average molecular weight is 1100 g/mol. The van der Waals surface area contributed by atoms with Crippen LogP contribution in [0.1, 0.15) is 316 Å². The van der Waals surface area contributed by atoms with E-state index in [1.54, 1.807) is 0 Å². The molecular weight excluding hydrogens is 973 g/mol. The lowest BCUT2D eigenvalue weighted by atomic mass is 10.0. The van der Waals surface area contributed by atoms with Gasteiger partial charge in [0.25, 0.3) is 0 Å². The van der Waals surface area contributed by atoms with Crippen LogP contribution in [0, 0.1) is 0 Å². The van der Waals surface area contributed by atoms with Gasteiger partial charge in [-0.15, -0.1) is 0 Å². The van der Waals surface area contributed by atoms with Gasteiger partial charge in [-0.1, -0.05) is 297 Å². The van der Waals surface area contributed by atoms with E-state index in [1.807, 2.05) is 0 Å². The second-order valence-electron chi connectivity index (χ2n) is 22.0. The zero-order valence-electron chi connectivity index (χ0n) is 51.9. The van der Waals surface area contributed by atoms with Crippen molar-refractivity contribution in [1.29, 1.82) is 0 Å². The van der Waals surface area contributed by atoms with Gasteiger partial charge < -0.3 is 14.2 Å². The molecule has 1 atom stereocenters. The van der Waals surface area contributed by atoms with E-state index in [0.717, 1.165) is 116 Å². The summed E-state index contributed by atoms with van der Waals surface area (Å²) in [6.07, 6.45) is 91.1. The third-order valence-corrected chi connectivity index (χ3v) is 14.3. The normalized spacial score (nSPS) is 12.8. The number of carbonyl (C=O) groups excluding carboxylic acids is 3. The molecule has 0 amide bonds. The third kappa shape index (κ3) is 64.8. The molecule has 0 spiro atoms. The largest absolute Gasteiger partial charge is 0.462 e. The maximum atomic E-state index is 12.9. The number of ether oxygens (including phenoxy) is 3. The van der Waals surface area contributed by atoms with E-state index in [-0.39, 0.29) is 31.1 Å². The highest BCUT2D eigenvalue weighted by Crippen LogP contribution is 2.16. The topological polar surface area (TPSA) is 78.9 Å². The van der Waals surface area contributed by atoms with Crippen molar-refractivity contribution < 1.29 is 28.6 Å². The lowest BCUT2D eigenvalue weighted by Gasteiger charge is -2.18. The van der Waals surface area contributed by atoms with Crippen molar-refractivity contribution >= 4 is 17.9 Å². The summed E-state index contributed by atoms with van der Waals surface area (Å²) in [5.74, 6) is -0.882. The van der Waals surface area contributed by atoms with Gasteiger partial charge in [0.1, 0.15) is 13.2 Å². The lowest BCUT2D eigenvalue weighted by molar-refractivity contribution is -0.167. The Hall–Kier alpha value is -3.93. The minimum Gasteiger partial charge on any atom is -0.462 e. The van der Waals surface area contributed by atoms with Crippen LogP contribution >= 0.6 is 0 Å². The van der Waals surface area contributed by atoms with Crippen molar-refractivity contribution in [3.8, 4) is 0 Å². The van der Waals surface area contributed by atoms with E-state index in [0.29, 0.717) is 19.3 Å². The molecule has 0 heterocycles. The Kier molecular flexibility index (Phi) is 63.3. The fourth-order valence-electron chi connectivity index (χ4n) is 9.28. The van der Waals surface area contributed by atoms with Crippen molar-refractivity contribution in [3.63, 3.8) is 0 Å². The second-order valence-corrected chi connectivity index (χ2v) is 22.0. The smallest absolute Gasteiger partial charge is 0.306 e. The van der Waals surface area contributed by atoms with Crippen molar-refractivity contribution in [3.05, 3.63) is 109 Å². The Balaban J connectivity index is 4.19. The summed E-state index contributed by atoms with van der Waals surface area (Å²) in [6, 6.07) is 0. The Morgan fingerprint density at radius 2 is 0.494 bits per heavy atom. The summed E-state index contributed by atoms with van der Waals surface area (Å²) in [5.41, 5.74) is 0. The van der Waals surface area contributed by atoms with Crippen molar-refractivity contribution in [1.82, 2.24) is 0 Å². The highest BCUT2D eigenvalue weighted by Gasteiger charge is 2.19. The molecule has 0 aromatic rings. The first-order valence-corrected chi connectivity index (χ1v) is 33.4. The molecule has 0 fully saturated rings. The molecule has 0 aromatic carbocycles. The summed E-state index contributed by atoms with van der Waals surface area (Å²) < 4.78 is 16.9. The molecule has 452 valence electrons. The lowest BCUT2D eigenvalue weighted by Crippen LogP contribution is -2.30. The van der Waals surface area contributed by atoms with Gasteiger partial charge in [-0.25, -0.2) is 0 Å². The molecular formula is C73H124O6. The molecule has 0 aliphatic carbocycles. The highest BCUT2D eigenvalue weighted by atomic mass is 16.6. The number of hydrogen-bond acceptors (Lipinski definition) is 6. The zero-order chi connectivity index (χ0) is 57.1. The van der Waals surface area contributed by atoms with Crippen LogP contribution in [0.25, 0.3) is 0 Å². The molecule has 0 radical (unpaired) electrons. The number of hydrogen-bond donors (Lipinski definition) is 0. The molecule has 0 N–H and O–H groups in total. The molecule has 0 aliphatic heterocycles. The Morgan fingerprint density at radius 1 is 0.266 bits per heavy atom. The van der Waals surface area contributed by atoms with Crippen LogP contribution in [0.4, 0.5) is 0 Å². The van der Waals surface area contributed by atoms with Crippen LogP contribution in [0.5, 0.6) is 0 Å². The molecule has 6 nitrogen and oxygen atoms in total. The molecule has 0 saturated heterocycles. The average Bonchev–Trinajstić information content (AvgIpc) is 3.45. The summed E-state index contributed by atoms with van der Waals surface area (Å²) in [5, 5.41) is 0. The number of carbonyl (C=O) groups is 3. The first-order valence-electron chi connectivity index (χ1n) is 33.4. The van der Waals surface area contributed by atoms with Gasteiger partial charge in [-0.2, -0.15) is 0 Å². The first kappa shape index (κ1) is 75.1. The van der Waals surface area contributed by atoms with Crippen molar-refractivity contribution in [2.24, 2.45) is 0 Å². The summed E-state index contributed by atoms with van der Waals surface area (Å²) in [7, 11) is 0. The Morgan fingerprint density at radius 3 is 0.785 bits per heavy atom. The predicted octanol–water partition coefficient (Wildman–Crippen LogP) is 23.0. The van der Waals surface area contributed by atoms with Gasteiger partial charge in [0.05, 0.1) is 0 Å². The van der Waals surface area contributed by atoms with E-state index >= 15 is 0 Å². The van der Waals surface area contributed by atoms with Gasteiger partial charge in [0.15, 0.2) is 6.10 Å². The molecule has 0 saturated carbocycles. The van der Waals surface area contributed by atoms with Gasteiger partial charge in [-0.3, -0.25) is 14.4 Å². The van der Waals surface area contributed by atoms with E-state index in [1.165, 1.54) is 161 Å².